The lowest BCUT2D eigenvalue weighted by atomic mass is 10.0. The van der Waals surface area contributed by atoms with Gasteiger partial charge in [0.25, 0.3) is 0 Å². The van der Waals surface area contributed by atoms with Crippen molar-refractivity contribution < 1.29 is 10.0 Å². The molecule has 4 heteroatoms. The summed E-state index contributed by atoms with van der Waals surface area (Å²) < 4.78 is 0. The highest BCUT2D eigenvalue weighted by Crippen LogP contribution is 2.20. The second-order valence-corrected chi connectivity index (χ2v) is 3.58. The van der Waals surface area contributed by atoms with Gasteiger partial charge in [0, 0.05) is 18.7 Å². The van der Waals surface area contributed by atoms with Crippen LogP contribution in [-0.4, -0.2) is 21.9 Å². The van der Waals surface area contributed by atoms with Crippen LogP contribution in [0.4, 0.5) is 0 Å². The van der Waals surface area contributed by atoms with Crippen molar-refractivity contribution in [2.75, 3.05) is 0 Å². The number of nitrogens with zero attached hydrogens (tertiary/aromatic N) is 2. The quantitative estimate of drug-likeness (QED) is 0.691. The minimum Gasteiger partial charge on any atom is -0.284 e. The zero-order valence-electron chi connectivity index (χ0n) is 9.37. The van der Waals surface area contributed by atoms with Gasteiger partial charge in [0.15, 0.2) is 0 Å². The van der Waals surface area contributed by atoms with E-state index in [9.17, 15) is 10.0 Å². The molecule has 1 aliphatic carbocycles. The molecule has 0 bridgehead atoms. The maximum absolute atomic E-state index is 11.0. The molecule has 1 N–H and O–H groups in total. The van der Waals surface area contributed by atoms with Crippen molar-refractivity contribution in [3.8, 4) is 0 Å². The van der Waals surface area contributed by atoms with Gasteiger partial charge in [-0.05, 0) is 18.2 Å². The molecule has 0 saturated carbocycles. The first-order chi connectivity index (χ1) is 8.18. The van der Waals surface area contributed by atoms with E-state index in [1.54, 1.807) is 24.3 Å². The third kappa shape index (κ3) is 2.49. The number of carbonyl (C=O) groups is 1. The zero-order valence-corrected chi connectivity index (χ0v) is 9.37. The van der Waals surface area contributed by atoms with E-state index >= 15 is 0 Å². The maximum atomic E-state index is 11.0. The molecular formula is C13H12N2O2. The Morgan fingerprint density at radius 2 is 1.88 bits per heavy atom. The molecule has 0 aromatic heterocycles. The molecule has 0 spiro atoms. The average Bonchev–Trinajstić information content (AvgIpc) is 2.30. The summed E-state index contributed by atoms with van der Waals surface area (Å²) >= 11 is 0. The minimum absolute atomic E-state index is 0.266. The molecule has 1 heterocycles. The van der Waals surface area contributed by atoms with Crippen molar-refractivity contribution >= 4 is 11.6 Å². The third-order valence-electron chi connectivity index (χ3n) is 2.30. The molecule has 4 nitrogen and oxygen atoms in total. The third-order valence-corrected chi connectivity index (χ3v) is 2.30. The molecule has 0 unspecified atom stereocenters. The van der Waals surface area contributed by atoms with Crippen LogP contribution in [0.2, 0.25) is 0 Å². The standard InChI is InChI=1S/C13H12N2O2/c1-10(16)14-12-7-3-2-6-11(12)13-8-4-5-9-15(13)17/h2-9,17H,1H3/b13-11-,14-12?. The van der Waals surface area contributed by atoms with Crippen molar-refractivity contribution in [3.63, 3.8) is 0 Å². The molecule has 0 aromatic carbocycles. The van der Waals surface area contributed by atoms with Gasteiger partial charge < -0.3 is 0 Å². The fourth-order valence-electron chi connectivity index (χ4n) is 1.61. The molecule has 1 aliphatic heterocycles. The van der Waals surface area contributed by atoms with Gasteiger partial charge in [-0.1, -0.05) is 24.3 Å². The van der Waals surface area contributed by atoms with E-state index < -0.39 is 0 Å². The van der Waals surface area contributed by atoms with Crippen LogP contribution in [-0.2, 0) is 4.79 Å². The minimum atomic E-state index is -0.266. The first kappa shape index (κ1) is 11.3. The van der Waals surface area contributed by atoms with Crippen molar-refractivity contribution in [2.24, 2.45) is 4.99 Å². The summed E-state index contributed by atoms with van der Waals surface area (Å²) in [5.74, 6) is -0.266. The van der Waals surface area contributed by atoms with E-state index in [-0.39, 0.29) is 5.91 Å². The average molecular weight is 228 g/mol. The van der Waals surface area contributed by atoms with Gasteiger partial charge in [0.2, 0.25) is 5.91 Å². The molecule has 0 radical (unpaired) electrons. The molecule has 2 rings (SSSR count). The predicted molar refractivity (Wildman–Crippen MR) is 65.3 cm³/mol. The number of aliphatic imine (C=N–C) groups is 1. The number of carbonyl (C=O) groups excluding carboxylic acids is 1. The summed E-state index contributed by atoms with van der Waals surface area (Å²) in [4.78, 5) is 15.0. The number of hydrogen-bond donors (Lipinski definition) is 1. The predicted octanol–water partition coefficient (Wildman–Crippen LogP) is 2.13. The highest BCUT2D eigenvalue weighted by atomic mass is 16.5. The Bertz CT molecular complexity index is 520. The van der Waals surface area contributed by atoms with Crippen LogP contribution in [0.15, 0.2) is 65.0 Å². The Hall–Kier alpha value is -2.20. The first-order valence-corrected chi connectivity index (χ1v) is 5.20. The zero-order chi connectivity index (χ0) is 12.3. The summed E-state index contributed by atoms with van der Waals surface area (Å²) in [5, 5.41) is 10.7. The van der Waals surface area contributed by atoms with Crippen LogP contribution in [0.1, 0.15) is 6.92 Å². The summed E-state index contributed by atoms with van der Waals surface area (Å²) in [6, 6.07) is 0. The van der Waals surface area contributed by atoms with Gasteiger partial charge >= 0.3 is 0 Å². The number of hydrogen-bond acceptors (Lipinski definition) is 3. The second kappa shape index (κ2) is 4.76. The van der Waals surface area contributed by atoms with Gasteiger partial charge in [-0.15, -0.1) is 0 Å². The molecule has 17 heavy (non-hydrogen) atoms. The van der Waals surface area contributed by atoms with E-state index in [2.05, 4.69) is 4.99 Å². The number of rotatable bonds is 0. The summed E-state index contributed by atoms with van der Waals surface area (Å²) in [7, 11) is 0. The van der Waals surface area contributed by atoms with Crippen molar-refractivity contribution in [3.05, 3.63) is 60.0 Å². The Morgan fingerprint density at radius 3 is 2.59 bits per heavy atom. The van der Waals surface area contributed by atoms with E-state index in [4.69, 9.17) is 0 Å². The van der Waals surface area contributed by atoms with Crippen LogP contribution in [0.25, 0.3) is 0 Å². The molecule has 0 aromatic rings. The van der Waals surface area contributed by atoms with E-state index in [1.807, 2.05) is 18.2 Å². The Kier molecular flexibility index (Phi) is 3.16. The van der Waals surface area contributed by atoms with E-state index in [0.29, 0.717) is 17.0 Å². The van der Waals surface area contributed by atoms with Crippen LogP contribution >= 0.6 is 0 Å². The van der Waals surface area contributed by atoms with Crippen LogP contribution in [0.5, 0.6) is 0 Å². The van der Waals surface area contributed by atoms with Gasteiger partial charge in [-0.3, -0.25) is 10.0 Å². The number of amides is 1. The fraction of sp³-hybridized carbons (Fsp3) is 0.0769. The van der Waals surface area contributed by atoms with Crippen LogP contribution < -0.4 is 0 Å². The lowest BCUT2D eigenvalue weighted by Gasteiger charge is -2.19. The topological polar surface area (TPSA) is 52.9 Å². The molecule has 86 valence electrons. The lowest BCUT2D eigenvalue weighted by Crippen LogP contribution is -2.17. The molecule has 2 aliphatic rings. The molecule has 0 atom stereocenters. The fourth-order valence-corrected chi connectivity index (χ4v) is 1.61. The Balaban J connectivity index is 2.49. The van der Waals surface area contributed by atoms with E-state index in [0.717, 1.165) is 5.06 Å². The van der Waals surface area contributed by atoms with Crippen molar-refractivity contribution in [2.45, 2.75) is 6.92 Å². The summed E-state index contributed by atoms with van der Waals surface area (Å²) in [6.07, 6.45) is 14.0. The van der Waals surface area contributed by atoms with Gasteiger partial charge in [0.1, 0.15) is 0 Å². The Labute approximate surface area is 99.2 Å². The smallest absolute Gasteiger partial charge is 0.243 e. The Morgan fingerprint density at radius 1 is 1.18 bits per heavy atom. The van der Waals surface area contributed by atoms with Gasteiger partial charge in [-0.25, -0.2) is 10.1 Å². The molecular weight excluding hydrogens is 216 g/mol. The highest BCUT2D eigenvalue weighted by Gasteiger charge is 2.14. The summed E-state index contributed by atoms with van der Waals surface area (Å²) in [5.41, 5.74) is 1.85. The monoisotopic (exact) mass is 228 g/mol. The number of allylic oxidation sites excluding steroid dienone is 8. The molecule has 0 saturated heterocycles. The lowest BCUT2D eigenvalue weighted by molar-refractivity contribution is -0.115. The normalized spacial score (nSPS) is 24.8. The van der Waals surface area contributed by atoms with Crippen molar-refractivity contribution in [1.29, 1.82) is 0 Å². The maximum Gasteiger partial charge on any atom is 0.243 e. The molecule has 0 fully saturated rings. The van der Waals surface area contributed by atoms with Crippen LogP contribution in [0.3, 0.4) is 0 Å². The largest absolute Gasteiger partial charge is 0.284 e. The van der Waals surface area contributed by atoms with Crippen LogP contribution in [0, 0.1) is 0 Å². The van der Waals surface area contributed by atoms with Gasteiger partial charge in [-0.2, -0.15) is 0 Å². The van der Waals surface area contributed by atoms with E-state index in [1.165, 1.54) is 13.1 Å². The second-order valence-electron chi connectivity index (χ2n) is 3.58. The summed E-state index contributed by atoms with van der Waals surface area (Å²) in [6.45, 7) is 1.40. The SMILES string of the molecule is CC(=O)N=C1C=CC=C/C1=C1\C=CC=CN1O. The highest BCUT2D eigenvalue weighted by molar-refractivity contribution is 6.15. The first-order valence-electron chi connectivity index (χ1n) is 5.20. The van der Waals surface area contributed by atoms with Gasteiger partial charge in [0.05, 0.1) is 11.4 Å². The van der Waals surface area contributed by atoms with Crippen molar-refractivity contribution in [1.82, 2.24) is 5.06 Å². The molecule has 1 amide bonds. The number of hydroxylamine groups is 2.